The van der Waals surface area contributed by atoms with Crippen LogP contribution in [0.15, 0.2) is 17.6 Å². The summed E-state index contributed by atoms with van der Waals surface area (Å²) in [6.45, 7) is 1.46. The number of hydrogen-bond acceptors (Lipinski definition) is 3. The Labute approximate surface area is 89.7 Å². The second-order valence-electron chi connectivity index (χ2n) is 2.84. The topological polar surface area (TPSA) is 42.0 Å². The van der Waals surface area contributed by atoms with E-state index in [9.17, 15) is 4.79 Å². The molecule has 0 atom stereocenters. The normalized spacial score (nSPS) is 10.4. The van der Waals surface area contributed by atoms with Crippen LogP contribution in [0.2, 0.25) is 5.02 Å². The van der Waals surface area contributed by atoms with Gasteiger partial charge in [-0.25, -0.2) is 4.98 Å². The largest absolute Gasteiger partial charge is 0.326 e. The zero-order chi connectivity index (χ0) is 10.1. The van der Waals surface area contributed by atoms with Crippen LogP contribution in [0.3, 0.4) is 0 Å². The summed E-state index contributed by atoms with van der Waals surface area (Å²) in [5.41, 5.74) is 3.22. The van der Waals surface area contributed by atoms with Gasteiger partial charge in [-0.1, -0.05) is 11.6 Å². The minimum atomic E-state index is -0.107. The number of nitrogens with one attached hydrogen (secondary N) is 1. The number of carbonyl (C=O) groups excluding carboxylic acids is 1. The van der Waals surface area contributed by atoms with Gasteiger partial charge >= 0.3 is 0 Å². The third kappa shape index (κ3) is 1.71. The average molecular weight is 227 g/mol. The molecule has 2 aromatic rings. The fraction of sp³-hybridized carbons (Fsp3) is 0.111. The second kappa shape index (κ2) is 3.55. The maximum Gasteiger partial charge on any atom is 0.221 e. The van der Waals surface area contributed by atoms with E-state index < -0.39 is 0 Å². The Morgan fingerprint density at radius 1 is 1.57 bits per heavy atom. The van der Waals surface area contributed by atoms with Gasteiger partial charge in [0.25, 0.3) is 0 Å². The molecule has 0 aliphatic heterocycles. The number of anilines is 1. The van der Waals surface area contributed by atoms with Gasteiger partial charge in [-0.2, -0.15) is 0 Å². The maximum atomic E-state index is 10.8. The van der Waals surface area contributed by atoms with Crippen molar-refractivity contribution >= 4 is 44.7 Å². The predicted octanol–water partition coefficient (Wildman–Crippen LogP) is 2.91. The lowest BCUT2D eigenvalue weighted by atomic mass is 10.3. The molecule has 0 radical (unpaired) electrons. The van der Waals surface area contributed by atoms with Crippen molar-refractivity contribution in [3.05, 3.63) is 22.7 Å². The highest BCUT2D eigenvalue weighted by Gasteiger charge is 2.05. The van der Waals surface area contributed by atoms with Crippen LogP contribution in [0.4, 0.5) is 5.69 Å². The van der Waals surface area contributed by atoms with Crippen LogP contribution in [0.1, 0.15) is 6.92 Å². The number of hydrogen-bond donors (Lipinski definition) is 1. The lowest BCUT2D eigenvalue weighted by Gasteiger charge is -2.02. The first-order valence-corrected chi connectivity index (χ1v) is 5.23. The van der Waals surface area contributed by atoms with E-state index in [1.54, 1.807) is 11.6 Å². The van der Waals surface area contributed by atoms with Crippen molar-refractivity contribution in [2.45, 2.75) is 6.92 Å². The first kappa shape index (κ1) is 9.43. The molecule has 72 valence electrons. The number of fused-ring (bicyclic) bond motifs is 1. The van der Waals surface area contributed by atoms with Gasteiger partial charge in [0.15, 0.2) is 0 Å². The Bertz CT molecular complexity index is 495. The van der Waals surface area contributed by atoms with E-state index >= 15 is 0 Å². The summed E-state index contributed by atoms with van der Waals surface area (Å²) < 4.78 is 0.973. The number of benzene rings is 1. The molecule has 0 unspecified atom stereocenters. The lowest BCUT2D eigenvalue weighted by molar-refractivity contribution is -0.114. The molecule has 3 nitrogen and oxygen atoms in total. The lowest BCUT2D eigenvalue weighted by Crippen LogP contribution is -2.05. The van der Waals surface area contributed by atoms with E-state index in [0.717, 1.165) is 10.2 Å². The third-order valence-electron chi connectivity index (χ3n) is 1.71. The van der Waals surface area contributed by atoms with Gasteiger partial charge in [0, 0.05) is 12.6 Å². The Hall–Kier alpha value is -1.13. The highest BCUT2D eigenvalue weighted by Crippen LogP contribution is 2.29. The summed E-state index contributed by atoms with van der Waals surface area (Å²) in [4.78, 5) is 14.9. The number of aromatic nitrogens is 1. The summed E-state index contributed by atoms with van der Waals surface area (Å²) in [6.07, 6.45) is 0. The van der Waals surface area contributed by atoms with Gasteiger partial charge in [0.05, 0.1) is 20.7 Å². The molecule has 0 aliphatic carbocycles. The highest BCUT2D eigenvalue weighted by molar-refractivity contribution is 7.16. The molecule has 5 heteroatoms. The van der Waals surface area contributed by atoms with Crippen molar-refractivity contribution in [2.24, 2.45) is 0 Å². The van der Waals surface area contributed by atoms with Gasteiger partial charge in [0.1, 0.15) is 0 Å². The number of thiazole rings is 1. The van der Waals surface area contributed by atoms with Gasteiger partial charge < -0.3 is 5.32 Å². The Balaban J connectivity index is 2.53. The van der Waals surface area contributed by atoms with Crippen molar-refractivity contribution < 1.29 is 4.79 Å². The number of carbonyl (C=O) groups is 1. The average Bonchev–Trinajstić information content (AvgIpc) is 2.50. The highest BCUT2D eigenvalue weighted by atomic mass is 35.5. The fourth-order valence-electron chi connectivity index (χ4n) is 1.20. The molecule has 1 amide bonds. The first-order chi connectivity index (χ1) is 6.66. The van der Waals surface area contributed by atoms with E-state index in [1.165, 1.54) is 18.3 Å². The van der Waals surface area contributed by atoms with Crippen LogP contribution in [0.5, 0.6) is 0 Å². The SMILES string of the molecule is CC(=O)Nc1cc(Cl)c2ncsc2c1. The monoisotopic (exact) mass is 226 g/mol. The summed E-state index contributed by atoms with van der Waals surface area (Å²) in [7, 11) is 0. The number of nitrogens with zero attached hydrogens (tertiary/aromatic N) is 1. The van der Waals surface area contributed by atoms with Crippen molar-refractivity contribution in [2.75, 3.05) is 5.32 Å². The zero-order valence-corrected chi connectivity index (χ0v) is 8.95. The van der Waals surface area contributed by atoms with Gasteiger partial charge in [-0.3, -0.25) is 4.79 Å². The standard InChI is InChI=1S/C9H7ClN2OS/c1-5(13)12-6-2-7(10)9-8(3-6)14-4-11-9/h2-4H,1H3,(H,12,13). The van der Waals surface area contributed by atoms with E-state index in [-0.39, 0.29) is 5.91 Å². The summed E-state index contributed by atoms with van der Waals surface area (Å²) in [6, 6.07) is 3.56. The van der Waals surface area contributed by atoms with Crippen molar-refractivity contribution in [1.82, 2.24) is 4.98 Å². The molecule has 0 saturated carbocycles. The molecular weight excluding hydrogens is 220 g/mol. The molecule has 0 fully saturated rings. The maximum absolute atomic E-state index is 10.8. The molecule has 0 bridgehead atoms. The molecule has 0 spiro atoms. The van der Waals surface area contributed by atoms with E-state index in [4.69, 9.17) is 11.6 Å². The van der Waals surface area contributed by atoms with E-state index in [1.807, 2.05) is 6.07 Å². The Morgan fingerprint density at radius 3 is 3.07 bits per heavy atom. The molecule has 1 N–H and O–H groups in total. The molecule has 1 aromatic heterocycles. The first-order valence-electron chi connectivity index (χ1n) is 3.97. The molecule has 1 aromatic carbocycles. The van der Waals surface area contributed by atoms with Crippen LogP contribution < -0.4 is 5.32 Å². The van der Waals surface area contributed by atoms with Gasteiger partial charge in [-0.15, -0.1) is 11.3 Å². The Morgan fingerprint density at radius 2 is 2.36 bits per heavy atom. The molecule has 2 rings (SSSR count). The molecule has 0 saturated heterocycles. The summed E-state index contributed by atoms with van der Waals surface area (Å²) in [5, 5.41) is 3.25. The molecule has 1 heterocycles. The molecular formula is C9H7ClN2OS. The minimum Gasteiger partial charge on any atom is -0.326 e. The zero-order valence-electron chi connectivity index (χ0n) is 7.37. The van der Waals surface area contributed by atoms with Crippen molar-refractivity contribution in [3.63, 3.8) is 0 Å². The smallest absolute Gasteiger partial charge is 0.221 e. The quantitative estimate of drug-likeness (QED) is 0.813. The van der Waals surface area contributed by atoms with Crippen molar-refractivity contribution in [1.29, 1.82) is 0 Å². The predicted molar refractivity (Wildman–Crippen MR) is 58.9 cm³/mol. The summed E-state index contributed by atoms with van der Waals surface area (Å²) >= 11 is 7.48. The Kier molecular flexibility index (Phi) is 2.39. The van der Waals surface area contributed by atoms with Gasteiger partial charge in [-0.05, 0) is 12.1 Å². The van der Waals surface area contributed by atoms with E-state index in [0.29, 0.717) is 10.7 Å². The van der Waals surface area contributed by atoms with Crippen LogP contribution in [0, 0.1) is 0 Å². The third-order valence-corrected chi connectivity index (χ3v) is 2.77. The van der Waals surface area contributed by atoms with E-state index in [2.05, 4.69) is 10.3 Å². The summed E-state index contributed by atoms with van der Waals surface area (Å²) in [5.74, 6) is -0.107. The van der Waals surface area contributed by atoms with Gasteiger partial charge in [0.2, 0.25) is 5.91 Å². The van der Waals surface area contributed by atoms with Crippen LogP contribution >= 0.6 is 22.9 Å². The second-order valence-corrected chi connectivity index (χ2v) is 4.13. The number of amides is 1. The molecule has 0 aliphatic rings. The van der Waals surface area contributed by atoms with Crippen LogP contribution in [-0.4, -0.2) is 10.9 Å². The number of rotatable bonds is 1. The minimum absolute atomic E-state index is 0.107. The fourth-order valence-corrected chi connectivity index (χ4v) is 2.27. The van der Waals surface area contributed by atoms with Crippen LogP contribution in [-0.2, 0) is 4.79 Å². The van der Waals surface area contributed by atoms with Crippen molar-refractivity contribution in [3.8, 4) is 0 Å². The molecule has 14 heavy (non-hydrogen) atoms. The number of halogens is 1. The van der Waals surface area contributed by atoms with Crippen LogP contribution in [0.25, 0.3) is 10.2 Å².